The SMILES string of the molecule is Cn1c(=O)c(C(=O)c2ccccc2)c2c3c(c(Nc4ccc(S(=O)(=O)O)c(Cc5nc(N)nc(NC6CCC(CC7CCC(Nc8nc(N)nc(Nc9ccc(S(=O)(=O)O)c(Nc%10ccc%11c%12c%10C(=O)c%10ccccc%10-c%12c(C(=O)c%10cccc(S(=O)(=O)O)c%10)c(=O)n%11C)c9)n8)CC7)CC6)n5)c4)ccc31)C(=O)c1ccccc1-2.O=S(=O)=O.O=S(=O)=O.O=S(=O)=O. The first kappa shape index (κ1) is 88.8. The summed E-state index contributed by atoms with van der Waals surface area (Å²) in [5, 5.41) is 16.7. The van der Waals surface area contributed by atoms with Crippen LogP contribution in [0, 0.1) is 11.8 Å². The van der Waals surface area contributed by atoms with E-state index in [0.29, 0.717) is 50.8 Å². The van der Waals surface area contributed by atoms with Gasteiger partial charge in [0.15, 0.2) is 23.1 Å². The van der Waals surface area contributed by atoms with Crippen LogP contribution >= 0.6 is 0 Å². The number of aryl methyl sites for hydroxylation is 2. The minimum atomic E-state index is -4.97. The maximum Gasteiger partial charge on any atom is 0.425 e. The van der Waals surface area contributed by atoms with Crippen LogP contribution in [0.3, 0.4) is 0 Å². The van der Waals surface area contributed by atoms with Crippen molar-refractivity contribution in [2.45, 2.75) is 91.0 Å². The third kappa shape index (κ3) is 19.6. The topological polar surface area (TPSA) is 619 Å². The second kappa shape index (κ2) is 36.2. The summed E-state index contributed by atoms with van der Waals surface area (Å²) >= 11 is 0. The van der Waals surface area contributed by atoms with Crippen molar-refractivity contribution in [3.63, 3.8) is 0 Å². The molecule has 12 aromatic rings. The Labute approximate surface area is 713 Å². The molecule has 2 saturated carbocycles. The van der Waals surface area contributed by atoms with E-state index in [2.05, 4.69) is 56.5 Å². The Balaban J connectivity index is 0.00000105. The lowest BCUT2D eigenvalue weighted by molar-refractivity contribution is 0.102. The fourth-order valence-electron chi connectivity index (χ4n) is 16.2. The van der Waals surface area contributed by atoms with Gasteiger partial charge in [0.1, 0.15) is 10.7 Å². The summed E-state index contributed by atoms with van der Waals surface area (Å²) in [6.07, 6.45) is 7.72. The minimum Gasteiger partial charge on any atom is -0.368 e. The Morgan fingerprint density at radius 1 is 0.424 bits per heavy atom. The van der Waals surface area contributed by atoms with Gasteiger partial charge in [-0.1, -0.05) is 91.0 Å². The summed E-state index contributed by atoms with van der Waals surface area (Å²) in [5.74, 6) is -1.24. The van der Waals surface area contributed by atoms with Crippen molar-refractivity contribution in [3.05, 3.63) is 240 Å². The number of rotatable bonds is 21. The van der Waals surface area contributed by atoms with Crippen LogP contribution in [-0.2, 0) is 82.7 Å². The molecular formula is C80H69N15O24S6. The summed E-state index contributed by atoms with van der Waals surface area (Å²) in [5.41, 5.74) is 13.6. The summed E-state index contributed by atoms with van der Waals surface area (Å²) in [4.78, 5) is 112. The maximum atomic E-state index is 14.8. The number of anilines is 10. The van der Waals surface area contributed by atoms with Gasteiger partial charge in [-0.15, -0.1) is 37.9 Å². The van der Waals surface area contributed by atoms with Gasteiger partial charge in [-0.2, -0.15) is 55.2 Å². The van der Waals surface area contributed by atoms with Gasteiger partial charge in [0, 0.05) is 88.1 Å². The van der Waals surface area contributed by atoms with Crippen molar-refractivity contribution in [1.82, 2.24) is 39.0 Å². The van der Waals surface area contributed by atoms with Gasteiger partial charge < -0.3 is 47.2 Å². The first-order valence-corrected chi connectivity index (χ1v) is 44.8. The lowest BCUT2D eigenvalue weighted by Crippen LogP contribution is -2.30. The summed E-state index contributed by atoms with van der Waals surface area (Å²) in [6, 6.07) is 40.2. The number of hydrogen-bond acceptors (Lipinski definition) is 34. The number of benzene rings is 8. The highest BCUT2D eigenvalue weighted by molar-refractivity contribution is 7.86. The number of carbonyl (C=O) groups excluding carboxylic acids is 4. The van der Waals surface area contributed by atoms with Crippen molar-refractivity contribution in [2.24, 2.45) is 25.9 Å². The largest absolute Gasteiger partial charge is 0.425 e. The molecule has 4 aromatic heterocycles. The highest BCUT2D eigenvalue weighted by Gasteiger charge is 2.38. The van der Waals surface area contributed by atoms with Crippen molar-refractivity contribution in [3.8, 4) is 22.3 Å². The molecule has 2 fully saturated rings. The lowest BCUT2D eigenvalue weighted by Gasteiger charge is -2.34. The summed E-state index contributed by atoms with van der Waals surface area (Å²) < 4.78 is 186. The molecule has 0 aliphatic heterocycles. The first-order chi connectivity index (χ1) is 59.2. The molecule has 4 heterocycles. The quantitative estimate of drug-likeness (QED) is 0.0238. The summed E-state index contributed by atoms with van der Waals surface area (Å²) in [6.45, 7) is 0. The second-order valence-corrected chi connectivity index (χ2v) is 34.6. The van der Waals surface area contributed by atoms with Crippen molar-refractivity contribution in [1.29, 1.82) is 0 Å². The number of nitrogens with two attached hydrogens (primary N) is 2. The standard InChI is InChI=1S/C80H69N15O15S3.3O3S/c1-94-57-31-29-54(64-66(57)62(50-15-6-8-17-52(50)72(64)98)68(74(94)100)70(96)42-11-4-3-5-12-42)83-47-27-33-59(112(105,106)107)44(36-47)38-61-88-76(81)90-78(89-61)84-45-23-19-40(20-24-45)35-41-21-25-46(26-22-41)85-79-91-77(82)92-80(93-79)86-48-28-34-60(113(108,109)110)56(39-48)87-55-30-32-58-67-63(51-16-7-9-18-53(51)73(99)65(55)67)69(75(101)95(58)2)71(97)43-13-10-14-49(37-43)111(102,103)104;3*1-4(2)3/h3-18,27-34,36-37,39-41,45-46,83,87H,19-26,35,38H2,1-2H3,(H,102,103,104)(H,105,106,107)(H,108,109,110)(H3,81,84,88,89,90)(H4,82,85,86,91,92,93);;;. The molecule has 8 aromatic carbocycles. The number of nitrogens with zero attached hydrogens (tertiary/aromatic N) is 8. The predicted octanol–water partition coefficient (Wildman–Crippen LogP) is 8.39. The number of ketones is 4. The summed E-state index contributed by atoms with van der Waals surface area (Å²) in [7, 11) is -21.0. The van der Waals surface area contributed by atoms with E-state index in [0.717, 1.165) is 80.6 Å². The number of pyridine rings is 2. The van der Waals surface area contributed by atoms with Crippen LogP contribution in [0.2, 0.25) is 0 Å². The van der Waals surface area contributed by atoms with Gasteiger partial charge in [-0.3, -0.25) is 42.4 Å². The van der Waals surface area contributed by atoms with Crippen molar-refractivity contribution >= 4 is 165 Å². The highest BCUT2D eigenvalue weighted by Crippen LogP contribution is 2.48. The van der Waals surface area contributed by atoms with Crippen LogP contribution in [0.5, 0.6) is 0 Å². The van der Waals surface area contributed by atoms with Crippen LogP contribution in [0.15, 0.2) is 188 Å². The zero-order chi connectivity index (χ0) is 90.0. The molecule has 12 N–H and O–H groups in total. The molecule has 0 unspecified atom stereocenters. The van der Waals surface area contributed by atoms with E-state index in [9.17, 15) is 67.7 Å². The molecule has 0 amide bonds. The molecule has 4 aliphatic rings. The fraction of sp³-hybridized carbons (Fsp3) is 0.200. The van der Waals surface area contributed by atoms with Crippen molar-refractivity contribution < 1.29 is 96.0 Å². The van der Waals surface area contributed by atoms with Crippen LogP contribution in [0.4, 0.5) is 58.2 Å². The molecule has 0 atom stereocenters. The molecule has 0 spiro atoms. The van der Waals surface area contributed by atoms with Gasteiger partial charge >= 0.3 is 31.8 Å². The van der Waals surface area contributed by atoms with Gasteiger partial charge in [-0.05, 0) is 159 Å². The third-order valence-electron chi connectivity index (χ3n) is 21.5. The van der Waals surface area contributed by atoms with Gasteiger partial charge in [0.2, 0.25) is 29.7 Å². The number of hydrogen-bond donors (Lipinski definition) is 10. The second-order valence-electron chi connectivity index (χ2n) is 29.2. The molecule has 0 saturated heterocycles. The van der Waals surface area contributed by atoms with Crippen LogP contribution in [0.1, 0.15) is 133 Å². The Hall–Kier alpha value is -13.9. The Bertz CT molecular complexity index is 7320. The number of nitrogens with one attached hydrogen (secondary N) is 5. The molecular weight excluding hydrogens is 1750 g/mol. The molecule has 0 bridgehead atoms. The molecule has 39 nitrogen and oxygen atoms in total. The smallest absolute Gasteiger partial charge is 0.368 e. The zero-order valence-corrected chi connectivity index (χ0v) is 70.0. The molecule has 0 radical (unpaired) electrons. The van der Waals surface area contributed by atoms with E-state index in [1.807, 2.05) is 0 Å². The Morgan fingerprint density at radius 3 is 1.34 bits per heavy atom. The minimum absolute atomic E-state index is 0.0135. The molecule has 45 heteroatoms. The van der Waals surface area contributed by atoms with E-state index in [4.69, 9.17) is 49.3 Å². The number of carbonyl (C=O) groups is 4. The molecule has 125 heavy (non-hydrogen) atoms. The van der Waals surface area contributed by atoms with Gasteiger partial charge in [0.05, 0.1) is 60.1 Å². The molecule has 4 aliphatic carbocycles. The number of aromatic nitrogens is 8. The van der Waals surface area contributed by atoms with Crippen LogP contribution in [0.25, 0.3) is 44.1 Å². The maximum absolute atomic E-state index is 14.8. The van der Waals surface area contributed by atoms with Crippen molar-refractivity contribution in [2.75, 3.05) is 38.1 Å². The average Bonchev–Trinajstić information content (AvgIpc) is 0.713. The highest BCUT2D eigenvalue weighted by atomic mass is 32.2. The zero-order valence-electron chi connectivity index (χ0n) is 65.1. The normalized spacial score (nSPS) is 15.6. The third-order valence-corrected chi connectivity index (χ3v) is 24.2. The average molecular weight is 1820 g/mol. The first-order valence-electron chi connectivity index (χ1n) is 37.5. The van der Waals surface area contributed by atoms with E-state index < -0.39 is 111 Å². The monoisotopic (exact) mass is 1820 g/mol. The lowest BCUT2D eigenvalue weighted by atomic mass is 9.75. The fourth-order valence-corrected chi connectivity index (χ4v) is 18.1. The van der Waals surface area contributed by atoms with Crippen LogP contribution in [-0.4, -0.2) is 151 Å². The number of fused-ring (bicyclic) bond motifs is 4. The van der Waals surface area contributed by atoms with E-state index in [1.54, 1.807) is 92.0 Å². The van der Waals surface area contributed by atoms with Gasteiger partial charge in [0.25, 0.3) is 41.5 Å². The van der Waals surface area contributed by atoms with E-state index in [-0.39, 0.29) is 138 Å². The number of nitrogen functional groups attached to an aromatic ring is 2. The molecule has 644 valence electrons. The van der Waals surface area contributed by atoms with Crippen LogP contribution < -0.4 is 49.2 Å². The van der Waals surface area contributed by atoms with E-state index in [1.165, 1.54) is 72.3 Å². The Kier molecular flexibility index (Phi) is 25.8. The van der Waals surface area contributed by atoms with E-state index >= 15 is 0 Å². The molecule has 16 rings (SSSR count). The predicted molar refractivity (Wildman–Crippen MR) is 452 cm³/mol. The Morgan fingerprint density at radius 2 is 0.848 bits per heavy atom. The van der Waals surface area contributed by atoms with Gasteiger partial charge in [-0.25, -0.2) is 0 Å².